The van der Waals surface area contributed by atoms with Gasteiger partial charge in [-0.15, -0.1) is 0 Å². The molecule has 2 heterocycles. The summed E-state index contributed by atoms with van der Waals surface area (Å²) in [5, 5.41) is 15.4. The van der Waals surface area contributed by atoms with Crippen LogP contribution in [-0.4, -0.2) is 41.8 Å². The molecule has 48 heavy (non-hydrogen) atoms. The van der Waals surface area contributed by atoms with Crippen LogP contribution in [0.5, 0.6) is 11.5 Å². The van der Waals surface area contributed by atoms with Crippen LogP contribution in [0.25, 0.3) is 0 Å². The van der Waals surface area contributed by atoms with Gasteiger partial charge in [-0.3, -0.25) is 0 Å². The second-order valence-electron chi connectivity index (χ2n) is 12.9. The van der Waals surface area contributed by atoms with E-state index in [0.29, 0.717) is 18.0 Å². The Bertz CT molecular complexity index is 1560. The zero-order valence-electron chi connectivity index (χ0n) is 27.7. The fraction of sp³-hybridized carbons (Fsp3) is 0.375. The second kappa shape index (κ2) is 16.8. The summed E-state index contributed by atoms with van der Waals surface area (Å²) in [6.45, 7) is 5.72. The first kappa shape index (κ1) is 33.7. The number of amides is 2. The molecule has 0 radical (unpaired) electrons. The quantitative estimate of drug-likeness (QED) is 0.160. The molecule has 2 fully saturated rings. The maximum absolute atomic E-state index is 12.6. The fourth-order valence-electron chi connectivity index (χ4n) is 6.46. The summed E-state index contributed by atoms with van der Waals surface area (Å²) in [7, 11) is 0. The van der Waals surface area contributed by atoms with Crippen molar-refractivity contribution < 1.29 is 24.1 Å². The van der Waals surface area contributed by atoms with Gasteiger partial charge in [0.1, 0.15) is 11.5 Å². The maximum Gasteiger partial charge on any atom is 0.319 e. The lowest BCUT2D eigenvalue weighted by Crippen LogP contribution is -2.45. The Morgan fingerprint density at radius 1 is 0.771 bits per heavy atom. The smallest absolute Gasteiger partial charge is 0.319 e. The van der Waals surface area contributed by atoms with Gasteiger partial charge in [-0.05, 0) is 79.0 Å². The number of aliphatic hydroxyl groups is 1. The van der Waals surface area contributed by atoms with Gasteiger partial charge in [0.2, 0.25) is 0 Å². The number of para-hydroxylation sites is 1. The van der Waals surface area contributed by atoms with Gasteiger partial charge in [-0.1, -0.05) is 92.9 Å². The van der Waals surface area contributed by atoms with Gasteiger partial charge in [0.05, 0.1) is 18.8 Å². The van der Waals surface area contributed by atoms with Crippen LogP contribution >= 0.6 is 0 Å². The van der Waals surface area contributed by atoms with Gasteiger partial charge in [0, 0.05) is 30.3 Å². The molecule has 0 aromatic heterocycles. The van der Waals surface area contributed by atoms with E-state index in [0.717, 1.165) is 47.6 Å². The Balaban J connectivity index is 1.07. The molecule has 2 aliphatic rings. The molecular weight excluding hydrogens is 602 g/mol. The van der Waals surface area contributed by atoms with Crippen LogP contribution in [0.3, 0.4) is 0 Å². The molecule has 4 aromatic carbocycles. The number of hydrogen-bond donors (Lipinski definition) is 3. The van der Waals surface area contributed by atoms with Crippen molar-refractivity contribution in [1.29, 1.82) is 0 Å². The standard InChI is InChI=1S/C40H47N3O5/c1-29-37(27-43-24-8-3-2-4-9-25-43)47-39(48-38(29)32-16-14-31(28-44)15-17-32)33-18-12-30(13-19-33)26-41-40(45)42-34-20-22-36(23-21-34)46-35-10-6-5-7-11-35/h5-7,10-23,29,37-39,44H,2-4,8-9,24-28H2,1H3,(H2,41,42,45)/t29-,37+,38+,39+/m0/s1. The minimum absolute atomic E-state index is 0.00898. The van der Waals surface area contributed by atoms with Gasteiger partial charge in [-0.25, -0.2) is 4.79 Å². The molecule has 0 unspecified atom stereocenters. The number of nitrogens with zero attached hydrogens (tertiary/aromatic N) is 1. The van der Waals surface area contributed by atoms with Crippen molar-refractivity contribution >= 4 is 11.7 Å². The minimum atomic E-state index is -0.511. The Labute approximate surface area is 284 Å². The van der Waals surface area contributed by atoms with Crippen LogP contribution in [0.1, 0.15) is 73.7 Å². The summed E-state index contributed by atoms with van der Waals surface area (Å²) < 4.78 is 19.2. The number of anilines is 1. The van der Waals surface area contributed by atoms with Crippen molar-refractivity contribution in [3.05, 3.63) is 125 Å². The van der Waals surface area contributed by atoms with Crippen LogP contribution in [-0.2, 0) is 22.6 Å². The molecule has 2 saturated heterocycles. The highest BCUT2D eigenvalue weighted by molar-refractivity contribution is 5.89. The first-order valence-electron chi connectivity index (χ1n) is 17.2. The Hall–Kier alpha value is -4.21. The molecule has 4 atom stereocenters. The second-order valence-corrected chi connectivity index (χ2v) is 12.9. The van der Waals surface area contributed by atoms with Crippen LogP contribution in [0.2, 0.25) is 0 Å². The molecular formula is C40H47N3O5. The lowest BCUT2D eigenvalue weighted by Gasteiger charge is -2.43. The lowest BCUT2D eigenvalue weighted by molar-refractivity contribution is -0.276. The zero-order chi connectivity index (χ0) is 33.1. The predicted octanol–water partition coefficient (Wildman–Crippen LogP) is 8.35. The van der Waals surface area contributed by atoms with Crippen LogP contribution in [0, 0.1) is 5.92 Å². The van der Waals surface area contributed by atoms with E-state index in [1.165, 1.54) is 32.1 Å². The highest BCUT2D eigenvalue weighted by atomic mass is 16.7. The average molecular weight is 650 g/mol. The summed E-state index contributed by atoms with van der Waals surface area (Å²) in [6, 6.07) is 32.7. The Morgan fingerprint density at radius 2 is 1.40 bits per heavy atom. The van der Waals surface area contributed by atoms with Crippen LogP contribution < -0.4 is 15.4 Å². The molecule has 0 aliphatic carbocycles. The third-order valence-corrected chi connectivity index (χ3v) is 9.31. The van der Waals surface area contributed by atoms with E-state index >= 15 is 0 Å². The molecule has 252 valence electrons. The van der Waals surface area contributed by atoms with Crippen LogP contribution in [0.15, 0.2) is 103 Å². The zero-order valence-corrected chi connectivity index (χ0v) is 27.7. The third-order valence-electron chi connectivity index (χ3n) is 9.31. The number of nitrogens with one attached hydrogen (secondary N) is 2. The first-order chi connectivity index (χ1) is 23.5. The predicted molar refractivity (Wildman–Crippen MR) is 188 cm³/mol. The van der Waals surface area contributed by atoms with Crippen molar-refractivity contribution in [2.45, 2.75) is 70.7 Å². The Morgan fingerprint density at radius 3 is 2.08 bits per heavy atom. The molecule has 6 rings (SSSR count). The van der Waals surface area contributed by atoms with Gasteiger partial charge in [0.15, 0.2) is 6.29 Å². The molecule has 8 heteroatoms. The van der Waals surface area contributed by atoms with Crippen LogP contribution in [0.4, 0.5) is 10.5 Å². The van der Waals surface area contributed by atoms with Crippen molar-refractivity contribution in [3.8, 4) is 11.5 Å². The van der Waals surface area contributed by atoms with E-state index < -0.39 is 6.29 Å². The summed E-state index contributed by atoms with van der Waals surface area (Å²) in [4.78, 5) is 15.2. The third kappa shape index (κ3) is 9.23. The van der Waals surface area contributed by atoms with E-state index in [1.807, 2.05) is 91.0 Å². The topological polar surface area (TPSA) is 92.3 Å². The van der Waals surface area contributed by atoms with E-state index in [4.69, 9.17) is 14.2 Å². The molecule has 0 bridgehead atoms. The number of carbonyl (C=O) groups is 1. The van der Waals surface area contributed by atoms with Gasteiger partial charge >= 0.3 is 6.03 Å². The number of benzene rings is 4. The van der Waals surface area contributed by atoms with Gasteiger partial charge in [-0.2, -0.15) is 0 Å². The van der Waals surface area contributed by atoms with Crippen molar-refractivity contribution in [2.24, 2.45) is 5.92 Å². The summed E-state index contributed by atoms with van der Waals surface area (Å²) in [5.74, 6) is 1.61. The van der Waals surface area contributed by atoms with E-state index in [-0.39, 0.29) is 30.8 Å². The monoisotopic (exact) mass is 649 g/mol. The summed E-state index contributed by atoms with van der Waals surface area (Å²) in [5.41, 5.74) is 4.57. The first-order valence-corrected chi connectivity index (χ1v) is 17.2. The van der Waals surface area contributed by atoms with E-state index in [1.54, 1.807) is 0 Å². The number of aliphatic hydroxyl groups excluding tert-OH is 1. The lowest BCUT2D eigenvalue weighted by atomic mass is 9.89. The molecule has 8 nitrogen and oxygen atoms in total. The summed E-state index contributed by atoms with van der Waals surface area (Å²) >= 11 is 0. The normalized spacial score (nSPS) is 21.9. The number of urea groups is 1. The number of carbonyl (C=O) groups excluding carboxylic acids is 1. The van der Waals surface area contributed by atoms with E-state index in [9.17, 15) is 9.90 Å². The number of rotatable bonds is 10. The molecule has 2 aliphatic heterocycles. The molecule has 3 N–H and O–H groups in total. The van der Waals surface area contributed by atoms with Gasteiger partial charge < -0.3 is 34.9 Å². The minimum Gasteiger partial charge on any atom is -0.457 e. The van der Waals surface area contributed by atoms with Crippen molar-refractivity contribution in [2.75, 3.05) is 25.0 Å². The maximum atomic E-state index is 12.6. The molecule has 4 aromatic rings. The van der Waals surface area contributed by atoms with Crippen molar-refractivity contribution in [3.63, 3.8) is 0 Å². The van der Waals surface area contributed by atoms with Crippen molar-refractivity contribution in [1.82, 2.24) is 10.2 Å². The number of hydrogen-bond acceptors (Lipinski definition) is 6. The molecule has 0 spiro atoms. The van der Waals surface area contributed by atoms with E-state index in [2.05, 4.69) is 34.6 Å². The summed E-state index contributed by atoms with van der Waals surface area (Å²) in [6.07, 6.45) is 5.75. The highest BCUT2D eigenvalue weighted by Crippen LogP contribution is 2.42. The highest BCUT2D eigenvalue weighted by Gasteiger charge is 2.39. The Kier molecular flexibility index (Phi) is 11.8. The largest absolute Gasteiger partial charge is 0.457 e. The fourth-order valence-corrected chi connectivity index (χ4v) is 6.46. The number of likely N-dealkylation sites (tertiary alicyclic amines) is 1. The molecule has 2 amide bonds. The van der Waals surface area contributed by atoms with Gasteiger partial charge in [0.25, 0.3) is 0 Å². The average Bonchev–Trinajstić information content (AvgIpc) is 3.11. The SMILES string of the molecule is C[C@H]1[C@@H](CN2CCCCCCC2)O[C@@H](c2ccc(CNC(=O)Nc3ccc(Oc4ccccc4)cc3)cc2)O[C@H]1c1ccc(CO)cc1. The number of ether oxygens (including phenoxy) is 3. The molecule has 0 saturated carbocycles.